The molecule has 0 bridgehead atoms. The highest BCUT2D eigenvalue weighted by molar-refractivity contribution is 6.31. The topological polar surface area (TPSA) is 85.3 Å². The zero-order valence-electron chi connectivity index (χ0n) is 10.8. The molecule has 20 heavy (non-hydrogen) atoms. The Hall–Kier alpha value is -2.27. The summed E-state index contributed by atoms with van der Waals surface area (Å²) >= 11 is 5.99. The largest absolute Gasteiger partial charge is 0.468 e. The Bertz CT molecular complexity index is 664. The molecule has 0 saturated heterocycles. The van der Waals surface area contributed by atoms with Gasteiger partial charge >= 0.3 is 0 Å². The number of hydrogen-bond acceptors (Lipinski definition) is 3. The van der Waals surface area contributed by atoms with Crippen LogP contribution in [-0.4, -0.2) is 11.8 Å². The van der Waals surface area contributed by atoms with Crippen molar-refractivity contribution in [1.29, 1.82) is 0 Å². The number of nitrogens with one attached hydrogen (secondary N) is 1. The molecule has 0 aliphatic rings. The van der Waals surface area contributed by atoms with Crippen LogP contribution in [0.2, 0.25) is 5.02 Å². The molecule has 0 fully saturated rings. The molecule has 104 valence electrons. The number of carbonyl (C=O) groups is 2. The molecule has 1 aromatic heterocycles. The maximum atomic E-state index is 12.2. The number of nitrogens with two attached hydrogens (primary N) is 1. The van der Waals surface area contributed by atoms with Crippen molar-refractivity contribution in [2.75, 3.05) is 5.32 Å². The zero-order valence-corrected chi connectivity index (χ0v) is 11.5. The maximum Gasteiger partial charge on any atom is 0.259 e. The van der Waals surface area contributed by atoms with E-state index in [0.717, 1.165) is 5.56 Å². The van der Waals surface area contributed by atoms with Gasteiger partial charge in [0.2, 0.25) is 5.91 Å². The first-order valence-electron chi connectivity index (χ1n) is 5.90. The molecule has 2 amide bonds. The van der Waals surface area contributed by atoms with Crippen molar-refractivity contribution in [1.82, 2.24) is 0 Å². The van der Waals surface area contributed by atoms with Crippen LogP contribution < -0.4 is 11.1 Å². The van der Waals surface area contributed by atoms with Gasteiger partial charge in [0.15, 0.2) is 0 Å². The van der Waals surface area contributed by atoms with Gasteiger partial charge in [0, 0.05) is 10.7 Å². The lowest BCUT2D eigenvalue weighted by atomic mass is 10.1. The number of rotatable bonds is 4. The second-order valence-corrected chi connectivity index (χ2v) is 4.67. The van der Waals surface area contributed by atoms with Gasteiger partial charge in [0.25, 0.3) is 5.91 Å². The van der Waals surface area contributed by atoms with Crippen LogP contribution in [0, 0.1) is 6.92 Å². The number of anilines is 1. The van der Waals surface area contributed by atoms with Gasteiger partial charge in [-0.3, -0.25) is 9.59 Å². The van der Waals surface area contributed by atoms with Crippen molar-refractivity contribution in [2.45, 2.75) is 13.3 Å². The molecule has 6 heteroatoms. The Morgan fingerprint density at radius 1 is 1.35 bits per heavy atom. The molecule has 1 aromatic carbocycles. The summed E-state index contributed by atoms with van der Waals surface area (Å²) < 4.78 is 5.10. The van der Waals surface area contributed by atoms with Crippen LogP contribution in [-0.2, 0) is 11.2 Å². The standard InChI is InChI=1S/C14H13ClN2O3/c1-8-10(15)3-2-4-11(8)17-14(19)9-5-6-20-12(9)7-13(16)18/h2-6H,7H2,1H3,(H2,16,18)(H,17,19). The fourth-order valence-electron chi connectivity index (χ4n) is 1.77. The van der Waals surface area contributed by atoms with Crippen LogP contribution in [0.5, 0.6) is 0 Å². The van der Waals surface area contributed by atoms with Gasteiger partial charge in [-0.2, -0.15) is 0 Å². The van der Waals surface area contributed by atoms with E-state index in [-0.39, 0.29) is 23.7 Å². The minimum absolute atomic E-state index is 0.121. The molecule has 2 rings (SSSR count). The molecule has 3 N–H and O–H groups in total. The molecule has 0 aliphatic heterocycles. The van der Waals surface area contributed by atoms with Crippen LogP contribution in [0.25, 0.3) is 0 Å². The highest BCUT2D eigenvalue weighted by Crippen LogP contribution is 2.24. The molecule has 0 spiro atoms. The van der Waals surface area contributed by atoms with Gasteiger partial charge in [-0.1, -0.05) is 17.7 Å². The lowest BCUT2D eigenvalue weighted by Gasteiger charge is -2.09. The summed E-state index contributed by atoms with van der Waals surface area (Å²) in [7, 11) is 0. The number of benzene rings is 1. The number of halogens is 1. The normalized spacial score (nSPS) is 10.3. The Labute approximate surface area is 120 Å². The molecule has 0 atom stereocenters. The first-order chi connectivity index (χ1) is 9.49. The fraction of sp³-hybridized carbons (Fsp3) is 0.143. The van der Waals surface area contributed by atoms with Crippen molar-refractivity contribution >= 4 is 29.1 Å². The predicted molar refractivity (Wildman–Crippen MR) is 75.7 cm³/mol. The summed E-state index contributed by atoms with van der Waals surface area (Å²) in [5.41, 5.74) is 6.75. The number of hydrogen-bond donors (Lipinski definition) is 2. The minimum atomic E-state index is -0.562. The molecule has 2 aromatic rings. The smallest absolute Gasteiger partial charge is 0.259 e. The first kappa shape index (κ1) is 14.1. The third-order valence-electron chi connectivity index (χ3n) is 2.84. The highest BCUT2D eigenvalue weighted by atomic mass is 35.5. The van der Waals surface area contributed by atoms with Gasteiger partial charge in [-0.15, -0.1) is 0 Å². The van der Waals surface area contributed by atoms with E-state index in [4.69, 9.17) is 21.8 Å². The van der Waals surface area contributed by atoms with Crippen molar-refractivity contribution < 1.29 is 14.0 Å². The Balaban J connectivity index is 2.22. The van der Waals surface area contributed by atoms with E-state index in [1.165, 1.54) is 12.3 Å². The minimum Gasteiger partial charge on any atom is -0.468 e. The third-order valence-corrected chi connectivity index (χ3v) is 3.25. The number of primary amides is 1. The Morgan fingerprint density at radius 2 is 2.10 bits per heavy atom. The van der Waals surface area contributed by atoms with E-state index in [9.17, 15) is 9.59 Å². The van der Waals surface area contributed by atoms with Gasteiger partial charge < -0.3 is 15.5 Å². The van der Waals surface area contributed by atoms with Crippen LogP contribution in [0.3, 0.4) is 0 Å². The summed E-state index contributed by atoms with van der Waals surface area (Å²) in [6.45, 7) is 1.80. The van der Waals surface area contributed by atoms with Crippen molar-refractivity contribution in [2.24, 2.45) is 5.73 Å². The molecule has 5 nitrogen and oxygen atoms in total. The van der Waals surface area contributed by atoms with Crippen LogP contribution in [0.15, 0.2) is 34.9 Å². The van der Waals surface area contributed by atoms with E-state index in [1.807, 2.05) is 0 Å². The van der Waals surface area contributed by atoms with E-state index in [2.05, 4.69) is 5.32 Å². The van der Waals surface area contributed by atoms with Crippen LogP contribution in [0.1, 0.15) is 21.7 Å². The quantitative estimate of drug-likeness (QED) is 0.908. The average molecular weight is 293 g/mol. The molecule has 1 heterocycles. The summed E-state index contributed by atoms with van der Waals surface area (Å²) in [6.07, 6.45) is 1.22. The van der Waals surface area contributed by atoms with Crippen molar-refractivity contribution in [3.8, 4) is 0 Å². The third kappa shape index (κ3) is 3.00. The Kier molecular flexibility index (Phi) is 4.10. The summed E-state index contributed by atoms with van der Waals surface area (Å²) in [6, 6.07) is 6.72. The SMILES string of the molecule is Cc1c(Cl)cccc1NC(=O)c1ccoc1CC(N)=O. The summed E-state index contributed by atoms with van der Waals surface area (Å²) in [5.74, 6) is -0.692. The van der Waals surface area contributed by atoms with E-state index in [1.54, 1.807) is 25.1 Å². The van der Waals surface area contributed by atoms with Crippen molar-refractivity contribution in [3.05, 3.63) is 52.4 Å². The zero-order chi connectivity index (χ0) is 14.7. The summed E-state index contributed by atoms with van der Waals surface area (Å²) in [4.78, 5) is 23.1. The number of amides is 2. The number of carbonyl (C=O) groups excluding carboxylic acids is 2. The molecule has 0 unspecified atom stereocenters. The molecule has 0 saturated carbocycles. The molecule has 0 radical (unpaired) electrons. The molecular formula is C14H13ClN2O3. The van der Waals surface area contributed by atoms with Gasteiger partial charge in [0.1, 0.15) is 5.76 Å². The molecular weight excluding hydrogens is 280 g/mol. The van der Waals surface area contributed by atoms with Gasteiger partial charge in [-0.05, 0) is 30.7 Å². The van der Waals surface area contributed by atoms with Gasteiger partial charge in [-0.25, -0.2) is 0 Å². The van der Waals surface area contributed by atoms with E-state index >= 15 is 0 Å². The predicted octanol–water partition coefficient (Wildman–Crippen LogP) is 2.52. The maximum absolute atomic E-state index is 12.2. The first-order valence-corrected chi connectivity index (χ1v) is 6.28. The monoisotopic (exact) mass is 292 g/mol. The second-order valence-electron chi connectivity index (χ2n) is 4.27. The summed E-state index contributed by atoms with van der Waals surface area (Å²) in [5, 5.41) is 3.29. The highest BCUT2D eigenvalue weighted by Gasteiger charge is 2.17. The fourth-order valence-corrected chi connectivity index (χ4v) is 1.95. The van der Waals surface area contributed by atoms with E-state index in [0.29, 0.717) is 10.7 Å². The van der Waals surface area contributed by atoms with E-state index < -0.39 is 5.91 Å². The molecule has 0 aliphatic carbocycles. The second kappa shape index (κ2) is 5.79. The van der Waals surface area contributed by atoms with Crippen LogP contribution in [0.4, 0.5) is 5.69 Å². The van der Waals surface area contributed by atoms with Gasteiger partial charge in [0.05, 0.1) is 18.2 Å². The average Bonchev–Trinajstić information content (AvgIpc) is 2.82. The Morgan fingerprint density at radius 3 is 2.80 bits per heavy atom. The number of furan rings is 1. The lowest BCUT2D eigenvalue weighted by Crippen LogP contribution is -2.18. The van der Waals surface area contributed by atoms with Crippen LogP contribution >= 0.6 is 11.6 Å². The van der Waals surface area contributed by atoms with Crippen molar-refractivity contribution in [3.63, 3.8) is 0 Å². The lowest BCUT2D eigenvalue weighted by molar-refractivity contribution is -0.117.